The van der Waals surface area contributed by atoms with Gasteiger partial charge in [0.05, 0.1) is 11.4 Å². The minimum atomic E-state index is -4.71. The molecule has 0 saturated heterocycles. The molecule has 5 rings (SSSR count). The number of carbonyl (C=O) groups is 1. The highest BCUT2D eigenvalue weighted by Gasteiger charge is 2.30. The van der Waals surface area contributed by atoms with Gasteiger partial charge in [-0.25, -0.2) is 18.7 Å². The lowest BCUT2D eigenvalue weighted by Crippen LogP contribution is -2.31. The van der Waals surface area contributed by atoms with E-state index in [0.29, 0.717) is 17.6 Å². The number of fused-ring (bicyclic) bond motifs is 1. The molecule has 0 bridgehead atoms. The number of aromatic nitrogens is 3. The molecule has 0 aliphatic rings. The first-order valence-corrected chi connectivity index (χ1v) is 15.8. The van der Waals surface area contributed by atoms with Gasteiger partial charge < -0.3 is 19.6 Å². The molecule has 5 aromatic rings. The fourth-order valence-corrected chi connectivity index (χ4v) is 6.37. The molecule has 13 heteroatoms. The van der Waals surface area contributed by atoms with Crippen LogP contribution in [0.25, 0.3) is 22.2 Å². The fraction of sp³-hybridized carbons (Fsp3) is 0.219. The number of para-hydroxylation sites is 1. The number of halogens is 2. The Hall–Kier alpha value is -4.88. The summed E-state index contributed by atoms with van der Waals surface area (Å²) in [5.74, 6) is -1.78. The average molecular weight is 635 g/mol. The first-order chi connectivity index (χ1) is 21.7. The molecule has 0 atom stereocenters. The highest BCUT2D eigenvalue weighted by atomic mass is 32.2. The van der Waals surface area contributed by atoms with E-state index in [-0.39, 0.29) is 16.6 Å². The number of carbonyl (C=O) groups excluding carboxylic acids is 1. The van der Waals surface area contributed by atoms with Crippen LogP contribution in [0.4, 0.5) is 26.0 Å². The van der Waals surface area contributed by atoms with Crippen LogP contribution < -0.4 is 9.79 Å². The highest BCUT2D eigenvalue weighted by Crippen LogP contribution is 2.32. The van der Waals surface area contributed by atoms with Gasteiger partial charge in [0.15, 0.2) is 0 Å². The van der Waals surface area contributed by atoms with Crippen molar-refractivity contribution in [1.29, 1.82) is 0 Å². The number of nitrogens with one attached hydrogen (secondary N) is 1. The van der Waals surface area contributed by atoms with Crippen molar-refractivity contribution < 1.29 is 26.8 Å². The summed E-state index contributed by atoms with van der Waals surface area (Å²) in [6, 6.07) is 17.8. The summed E-state index contributed by atoms with van der Waals surface area (Å²) in [4.78, 5) is 26.2. The molecule has 0 amide bonds. The van der Waals surface area contributed by atoms with Crippen molar-refractivity contribution in [2.24, 2.45) is 0 Å². The molecule has 0 saturated carbocycles. The Bertz CT molecular complexity index is 1900. The third-order valence-electron chi connectivity index (χ3n) is 7.38. The molecular formula is C32H32F2N6O4S. The van der Waals surface area contributed by atoms with Crippen molar-refractivity contribution in [2.45, 2.75) is 31.7 Å². The van der Waals surface area contributed by atoms with Crippen molar-refractivity contribution in [1.82, 2.24) is 19.4 Å². The summed E-state index contributed by atoms with van der Waals surface area (Å²) in [7, 11) is -4.71. The highest BCUT2D eigenvalue weighted by molar-refractivity contribution is 7.92. The van der Waals surface area contributed by atoms with E-state index in [2.05, 4.69) is 56.9 Å². The summed E-state index contributed by atoms with van der Waals surface area (Å²) in [6.07, 6.45) is 4.59. The Morgan fingerprint density at radius 2 is 1.73 bits per heavy atom. The van der Waals surface area contributed by atoms with Gasteiger partial charge in [-0.15, -0.1) is 0 Å². The van der Waals surface area contributed by atoms with Gasteiger partial charge in [0.25, 0.3) is 10.0 Å². The van der Waals surface area contributed by atoms with Crippen LogP contribution in [-0.4, -0.2) is 54.0 Å². The van der Waals surface area contributed by atoms with Crippen molar-refractivity contribution in [2.75, 3.05) is 29.4 Å². The lowest BCUT2D eigenvalue weighted by atomic mass is 10.1. The molecule has 45 heavy (non-hydrogen) atoms. The number of hydrogen-bond donors (Lipinski definition) is 1. The minimum Gasteiger partial charge on any atom is -0.347 e. The molecule has 3 aromatic carbocycles. The van der Waals surface area contributed by atoms with Gasteiger partial charge in [0, 0.05) is 47.0 Å². The summed E-state index contributed by atoms with van der Waals surface area (Å²) in [5.41, 5.74) is 3.26. The molecule has 2 heterocycles. The molecule has 1 N–H and O–H groups in total. The van der Waals surface area contributed by atoms with E-state index in [1.54, 1.807) is 0 Å². The van der Waals surface area contributed by atoms with E-state index in [1.165, 1.54) is 30.6 Å². The number of nitrogens with zero attached hydrogens (tertiary/aromatic N) is 5. The van der Waals surface area contributed by atoms with Crippen LogP contribution in [0.3, 0.4) is 0 Å². The lowest BCUT2D eigenvalue weighted by Gasteiger charge is -2.21. The maximum atomic E-state index is 14.3. The molecule has 10 nitrogen and oxygen atoms in total. The van der Waals surface area contributed by atoms with Crippen LogP contribution in [0, 0.1) is 11.6 Å². The van der Waals surface area contributed by atoms with E-state index in [4.69, 9.17) is 4.84 Å². The number of sulfonamides is 1. The van der Waals surface area contributed by atoms with Gasteiger partial charge in [-0.3, -0.25) is 4.79 Å². The van der Waals surface area contributed by atoms with Crippen molar-refractivity contribution >= 4 is 44.6 Å². The molecule has 0 radical (unpaired) electrons. The summed E-state index contributed by atoms with van der Waals surface area (Å²) in [6.45, 7) is 8.16. The number of aryl methyl sites for hydroxylation is 1. The van der Waals surface area contributed by atoms with Crippen molar-refractivity contribution in [3.8, 4) is 11.3 Å². The van der Waals surface area contributed by atoms with E-state index in [1.807, 2.05) is 18.2 Å². The Kier molecular flexibility index (Phi) is 9.69. The van der Waals surface area contributed by atoms with Gasteiger partial charge in [-0.2, -0.15) is 8.42 Å². The molecule has 2 aromatic heterocycles. The van der Waals surface area contributed by atoms with Gasteiger partial charge in [0.2, 0.25) is 0 Å². The largest absolute Gasteiger partial charge is 0.347 e. The minimum absolute atomic E-state index is 0.0893. The topological polar surface area (TPSA) is 110 Å². The number of hydrogen-bond acceptors (Lipinski definition) is 8. The number of rotatable bonds is 14. The predicted octanol–water partition coefficient (Wildman–Crippen LogP) is 6.14. The summed E-state index contributed by atoms with van der Waals surface area (Å²) < 4.78 is 56.3. The average Bonchev–Trinajstić information content (AvgIpc) is 3.41. The van der Waals surface area contributed by atoms with E-state index in [0.717, 1.165) is 66.9 Å². The zero-order valence-electron chi connectivity index (χ0n) is 24.7. The maximum absolute atomic E-state index is 14.3. The zero-order valence-corrected chi connectivity index (χ0v) is 25.5. The van der Waals surface area contributed by atoms with Crippen LogP contribution in [0.5, 0.6) is 0 Å². The third kappa shape index (κ3) is 6.94. The molecule has 0 unspecified atom stereocenters. The summed E-state index contributed by atoms with van der Waals surface area (Å²) in [5, 5.41) is 4.24. The normalized spacial score (nSPS) is 11.6. The SMILES string of the molecule is CCN(CC)CCCn1cc(-c2cc(Nc3ccc(N(OC=O)S(=O)(=O)c4ccc(F)cc4F)cc3)ncn2)c2ccccc21. The van der Waals surface area contributed by atoms with Gasteiger partial charge in [-0.1, -0.05) is 36.5 Å². The Labute approximate surface area is 259 Å². The molecule has 234 valence electrons. The predicted molar refractivity (Wildman–Crippen MR) is 168 cm³/mol. The standard InChI is InChI=1S/C32H32F2N6O4S/c1-3-38(4-2)16-7-17-39-20-27(26-8-5-6-9-30(26)39)29-19-32(36-21-35-29)37-24-11-13-25(14-12-24)40(44-22-41)45(42,43)31-15-10-23(33)18-28(31)34/h5-6,8-15,18-22H,3-4,7,16-17H2,1-2H3,(H,35,36,37). The Morgan fingerprint density at radius 3 is 2.44 bits per heavy atom. The van der Waals surface area contributed by atoms with Crippen LogP contribution in [-0.2, 0) is 26.2 Å². The fourth-order valence-electron chi connectivity index (χ4n) is 5.10. The molecule has 0 fully saturated rings. The third-order valence-corrected chi connectivity index (χ3v) is 9.00. The second-order valence-corrected chi connectivity index (χ2v) is 11.8. The van der Waals surface area contributed by atoms with E-state index >= 15 is 0 Å². The second-order valence-electron chi connectivity index (χ2n) is 10.1. The monoisotopic (exact) mass is 634 g/mol. The lowest BCUT2D eigenvalue weighted by molar-refractivity contribution is -0.128. The van der Waals surface area contributed by atoms with Gasteiger partial charge >= 0.3 is 6.47 Å². The van der Waals surface area contributed by atoms with Crippen molar-refractivity contribution in [3.63, 3.8) is 0 Å². The van der Waals surface area contributed by atoms with Crippen LogP contribution in [0.15, 0.2) is 90.2 Å². The zero-order chi connectivity index (χ0) is 32.0. The Morgan fingerprint density at radius 1 is 0.978 bits per heavy atom. The number of anilines is 3. The maximum Gasteiger partial charge on any atom is 0.322 e. The molecule has 0 spiro atoms. The van der Waals surface area contributed by atoms with Crippen LogP contribution >= 0.6 is 0 Å². The second kappa shape index (κ2) is 13.8. The molecule has 0 aliphatic heterocycles. The number of benzene rings is 3. The smallest absolute Gasteiger partial charge is 0.322 e. The van der Waals surface area contributed by atoms with Crippen LogP contribution in [0.1, 0.15) is 20.3 Å². The van der Waals surface area contributed by atoms with E-state index in [9.17, 15) is 22.0 Å². The van der Waals surface area contributed by atoms with Gasteiger partial charge in [-0.05, 0) is 68.5 Å². The summed E-state index contributed by atoms with van der Waals surface area (Å²) >= 11 is 0. The van der Waals surface area contributed by atoms with Crippen LogP contribution in [0.2, 0.25) is 0 Å². The first kappa shape index (κ1) is 31.5. The quantitative estimate of drug-likeness (QED) is 0.115. The van der Waals surface area contributed by atoms with Crippen molar-refractivity contribution in [3.05, 3.63) is 97.0 Å². The Balaban J connectivity index is 1.36. The van der Waals surface area contributed by atoms with Gasteiger partial charge in [0.1, 0.15) is 28.7 Å². The first-order valence-electron chi connectivity index (χ1n) is 14.4. The molecular weight excluding hydrogens is 602 g/mol. The van der Waals surface area contributed by atoms with E-state index < -0.39 is 26.6 Å². The molecule has 0 aliphatic carbocycles.